The molecule has 4 nitrogen and oxygen atoms in total. The predicted octanol–water partition coefficient (Wildman–Crippen LogP) is 2.52. The van der Waals surface area contributed by atoms with Crippen molar-refractivity contribution in [3.63, 3.8) is 0 Å². The molecule has 0 fully saturated rings. The van der Waals surface area contributed by atoms with Crippen LogP contribution in [0.15, 0.2) is 36.7 Å². The van der Waals surface area contributed by atoms with Crippen molar-refractivity contribution in [3.05, 3.63) is 42.4 Å². The largest absolute Gasteiger partial charge is 0.397 e. The molecule has 0 saturated carbocycles. The van der Waals surface area contributed by atoms with E-state index in [9.17, 15) is 0 Å². The third-order valence-corrected chi connectivity index (χ3v) is 2.85. The van der Waals surface area contributed by atoms with Gasteiger partial charge in [-0.05, 0) is 31.2 Å². The highest BCUT2D eigenvalue weighted by molar-refractivity contribution is 5.92. The van der Waals surface area contributed by atoms with Crippen LogP contribution in [-0.4, -0.2) is 15.0 Å². The Balaban J connectivity index is 2.24. The molecule has 0 unspecified atom stereocenters. The lowest BCUT2D eigenvalue weighted by atomic mass is 10.1. The molecule has 0 spiro atoms. The van der Waals surface area contributed by atoms with Crippen molar-refractivity contribution >= 4 is 16.7 Å². The van der Waals surface area contributed by atoms with Gasteiger partial charge in [0, 0.05) is 23.3 Å². The summed E-state index contributed by atoms with van der Waals surface area (Å²) in [5, 5.41) is 1.07. The highest BCUT2D eigenvalue weighted by Gasteiger charge is 2.08. The predicted molar refractivity (Wildman–Crippen MR) is 68.5 cm³/mol. The van der Waals surface area contributed by atoms with E-state index in [1.807, 2.05) is 37.4 Å². The van der Waals surface area contributed by atoms with Gasteiger partial charge in [0.05, 0.1) is 17.1 Å². The summed E-state index contributed by atoms with van der Waals surface area (Å²) in [4.78, 5) is 11.9. The molecule has 3 aromatic heterocycles. The second-order valence-electron chi connectivity index (χ2n) is 3.97. The number of hydrogen-bond donors (Lipinski definition) is 2. The smallest absolute Gasteiger partial charge is 0.137 e. The van der Waals surface area contributed by atoms with Gasteiger partial charge >= 0.3 is 0 Å². The van der Waals surface area contributed by atoms with E-state index in [1.54, 1.807) is 6.20 Å². The molecule has 0 radical (unpaired) electrons. The minimum atomic E-state index is 0.715. The zero-order chi connectivity index (χ0) is 11.8. The van der Waals surface area contributed by atoms with Crippen molar-refractivity contribution in [3.8, 4) is 11.3 Å². The first-order chi connectivity index (χ1) is 8.25. The van der Waals surface area contributed by atoms with E-state index in [1.165, 1.54) is 0 Å². The number of fused-ring (bicyclic) bond motifs is 1. The molecule has 0 bridgehead atoms. The van der Waals surface area contributed by atoms with Gasteiger partial charge in [-0.25, -0.2) is 4.98 Å². The molecule has 17 heavy (non-hydrogen) atoms. The summed E-state index contributed by atoms with van der Waals surface area (Å²) >= 11 is 0. The van der Waals surface area contributed by atoms with E-state index in [2.05, 4.69) is 15.0 Å². The lowest BCUT2D eigenvalue weighted by Gasteiger charge is -2.02. The second-order valence-corrected chi connectivity index (χ2v) is 3.97. The Kier molecular flexibility index (Phi) is 2.08. The SMILES string of the molecule is Cc1nc(-c2c[nH]c3ncccc23)ccc1N. The summed E-state index contributed by atoms with van der Waals surface area (Å²) in [5.41, 5.74) is 10.2. The van der Waals surface area contributed by atoms with E-state index in [4.69, 9.17) is 5.73 Å². The zero-order valence-electron chi connectivity index (χ0n) is 9.44. The number of nitrogens with one attached hydrogen (secondary N) is 1. The number of anilines is 1. The Morgan fingerprint density at radius 2 is 2.12 bits per heavy atom. The van der Waals surface area contributed by atoms with Gasteiger partial charge in [0.1, 0.15) is 5.65 Å². The molecule has 3 rings (SSSR count). The zero-order valence-corrected chi connectivity index (χ0v) is 9.44. The standard InChI is InChI=1S/C13H12N4/c1-8-11(14)4-5-12(17-8)10-7-16-13-9(10)3-2-6-15-13/h2-7H,14H2,1H3,(H,15,16). The Bertz CT molecular complexity index is 685. The Morgan fingerprint density at radius 1 is 1.24 bits per heavy atom. The molecule has 0 aliphatic heterocycles. The Labute approximate surface area is 98.5 Å². The van der Waals surface area contributed by atoms with Crippen LogP contribution in [0.1, 0.15) is 5.69 Å². The van der Waals surface area contributed by atoms with Crippen LogP contribution < -0.4 is 5.73 Å². The molecule has 4 heteroatoms. The maximum absolute atomic E-state index is 5.77. The fourth-order valence-corrected chi connectivity index (χ4v) is 1.89. The average Bonchev–Trinajstić information content (AvgIpc) is 2.76. The highest BCUT2D eigenvalue weighted by atomic mass is 14.8. The van der Waals surface area contributed by atoms with Gasteiger partial charge in [0.15, 0.2) is 0 Å². The number of pyridine rings is 2. The molecule has 3 aromatic rings. The maximum Gasteiger partial charge on any atom is 0.137 e. The van der Waals surface area contributed by atoms with Gasteiger partial charge in [0.2, 0.25) is 0 Å². The topological polar surface area (TPSA) is 67.6 Å². The summed E-state index contributed by atoms with van der Waals surface area (Å²) in [5.74, 6) is 0. The number of nitrogen functional groups attached to an aromatic ring is 1. The number of aromatic amines is 1. The monoisotopic (exact) mass is 224 g/mol. The van der Waals surface area contributed by atoms with Crippen LogP contribution in [0.2, 0.25) is 0 Å². The number of H-pyrrole nitrogens is 1. The summed E-state index contributed by atoms with van der Waals surface area (Å²) in [6.45, 7) is 1.91. The first-order valence-corrected chi connectivity index (χ1v) is 5.41. The number of hydrogen-bond acceptors (Lipinski definition) is 3. The van der Waals surface area contributed by atoms with E-state index in [-0.39, 0.29) is 0 Å². The average molecular weight is 224 g/mol. The quantitative estimate of drug-likeness (QED) is 0.667. The third-order valence-electron chi connectivity index (χ3n) is 2.85. The minimum absolute atomic E-state index is 0.715. The second kappa shape index (κ2) is 3.59. The maximum atomic E-state index is 5.77. The third kappa shape index (κ3) is 1.54. The first-order valence-electron chi connectivity index (χ1n) is 5.41. The summed E-state index contributed by atoms with van der Waals surface area (Å²) in [6, 6.07) is 7.76. The van der Waals surface area contributed by atoms with E-state index >= 15 is 0 Å². The van der Waals surface area contributed by atoms with Gasteiger partial charge < -0.3 is 10.7 Å². The summed E-state index contributed by atoms with van der Waals surface area (Å²) < 4.78 is 0. The molecule has 0 aliphatic carbocycles. The molecule has 84 valence electrons. The number of rotatable bonds is 1. The molecule has 0 saturated heterocycles. The lowest BCUT2D eigenvalue weighted by Crippen LogP contribution is -1.93. The van der Waals surface area contributed by atoms with Gasteiger partial charge in [-0.3, -0.25) is 4.98 Å². The summed E-state index contributed by atoms with van der Waals surface area (Å²) in [6.07, 6.45) is 3.69. The summed E-state index contributed by atoms with van der Waals surface area (Å²) in [7, 11) is 0. The van der Waals surface area contributed by atoms with Crippen LogP contribution in [0, 0.1) is 6.92 Å². The van der Waals surface area contributed by atoms with Crippen LogP contribution >= 0.6 is 0 Å². The normalized spacial score (nSPS) is 10.9. The highest BCUT2D eigenvalue weighted by Crippen LogP contribution is 2.26. The molecule has 0 amide bonds. The number of aryl methyl sites for hydroxylation is 1. The first kappa shape index (κ1) is 9.84. The van der Waals surface area contributed by atoms with Gasteiger partial charge in [-0.2, -0.15) is 0 Å². The van der Waals surface area contributed by atoms with Crippen molar-refractivity contribution in [1.82, 2.24) is 15.0 Å². The van der Waals surface area contributed by atoms with Crippen molar-refractivity contribution in [2.24, 2.45) is 0 Å². The molecule has 0 aliphatic rings. The fraction of sp³-hybridized carbons (Fsp3) is 0.0769. The minimum Gasteiger partial charge on any atom is -0.397 e. The van der Waals surface area contributed by atoms with Gasteiger partial charge in [-0.15, -0.1) is 0 Å². The van der Waals surface area contributed by atoms with Gasteiger partial charge in [-0.1, -0.05) is 0 Å². The fourth-order valence-electron chi connectivity index (χ4n) is 1.89. The Hall–Kier alpha value is -2.36. The molecule has 0 aromatic carbocycles. The van der Waals surface area contributed by atoms with Crippen molar-refractivity contribution < 1.29 is 0 Å². The molecule has 0 atom stereocenters. The van der Waals surface area contributed by atoms with Crippen LogP contribution in [0.4, 0.5) is 5.69 Å². The van der Waals surface area contributed by atoms with E-state index in [0.29, 0.717) is 5.69 Å². The van der Waals surface area contributed by atoms with Crippen LogP contribution in [0.25, 0.3) is 22.3 Å². The van der Waals surface area contributed by atoms with Crippen molar-refractivity contribution in [1.29, 1.82) is 0 Å². The molecule has 3 N–H and O–H groups in total. The number of nitrogens with zero attached hydrogens (tertiary/aromatic N) is 2. The molecule has 3 heterocycles. The number of aromatic nitrogens is 3. The van der Waals surface area contributed by atoms with Crippen LogP contribution in [0.5, 0.6) is 0 Å². The van der Waals surface area contributed by atoms with E-state index in [0.717, 1.165) is 28.0 Å². The van der Waals surface area contributed by atoms with Crippen molar-refractivity contribution in [2.45, 2.75) is 6.92 Å². The lowest BCUT2D eigenvalue weighted by molar-refractivity contribution is 1.21. The van der Waals surface area contributed by atoms with Crippen molar-refractivity contribution in [2.75, 3.05) is 5.73 Å². The molecular formula is C13H12N4. The van der Waals surface area contributed by atoms with Crippen LogP contribution in [-0.2, 0) is 0 Å². The van der Waals surface area contributed by atoms with Crippen LogP contribution in [0.3, 0.4) is 0 Å². The van der Waals surface area contributed by atoms with E-state index < -0.39 is 0 Å². The number of nitrogens with two attached hydrogens (primary N) is 1. The van der Waals surface area contributed by atoms with Gasteiger partial charge in [0.25, 0.3) is 0 Å². The Morgan fingerprint density at radius 3 is 2.94 bits per heavy atom. The molecular weight excluding hydrogens is 212 g/mol.